The Hall–Kier alpha value is -1.98. The first-order valence-corrected chi connectivity index (χ1v) is 6.46. The van der Waals surface area contributed by atoms with Crippen LogP contribution in [0, 0.1) is 0 Å². The molecule has 0 aromatic carbocycles. The van der Waals surface area contributed by atoms with Crippen LogP contribution in [0.1, 0.15) is 36.5 Å². The van der Waals surface area contributed by atoms with E-state index in [1.54, 1.807) is 11.8 Å². The fourth-order valence-corrected chi connectivity index (χ4v) is 2.23. The van der Waals surface area contributed by atoms with Gasteiger partial charge < -0.3 is 9.64 Å². The summed E-state index contributed by atoms with van der Waals surface area (Å²) in [5.74, 6) is -0.536. The smallest absolute Gasteiger partial charge is 0.328 e. The van der Waals surface area contributed by atoms with Gasteiger partial charge in [0.25, 0.3) is 5.91 Å². The van der Waals surface area contributed by atoms with Gasteiger partial charge in [-0.2, -0.15) is 0 Å². The number of ether oxygens (including phenoxy) is 1. The minimum Gasteiger partial charge on any atom is -0.464 e. The summed E-state index contributed by atoms with van der Waals surface area (Å²) in [6, 6.07) is -0.485. The zero-order chi connectivity index (χ0) is 13.7. The van der Waals surface area contributed by atoms with E-state index in [1.807, 2.05) is 0 Å². The van der Waals surface area contributed by atoms with Gasteiger partial charge in [-0.25, -0.2) is 14.8 Å². The average molecular weight is 263 g/mol. The normalized spacial score (nSPS) is 19.0. The van der Waals surface area contributed by atoms with Crippen molar-refractivity contribution in [3.63, 3.8) is 0 Å². The van der Waals surface area contributed by atoms with Gasteiger partial charge in [-0.1, -0.05) is 0 Å². The Balaban J connectivity index is 2.15. The molecule has 2 heterocycles. The predicted molar refractivity (Wildman–Crippen MR) is 67.3 cm³/mol. The molecule has 0 radical (unpaired) electrons. The molecule has 0 saturated carbocycles. The zero-order valence-corrected chi connectivity index (χ0v) is 10.9. The molecule has 0 N–H and O–H groups in total. The van der Waals surface area contributed by atoms with Crippen LogP contribution >= 0.6 is 0 Å². The first kappa shape index (κ1) is 13.5. The Bertz CT molecular complexity index is 450. The Morgan fingerprint density at radius 2 is 2.11 bits per heavy atom. The summed E-state index contributed by atoms with van der Waals surface area (Å²) in [6.07, 6.45) is 6.78. The summed E-state index contributed by atoms with van der Waals surface area (Å²) in [4.78, 5) is 33.5. The van der Waals surface area contributed by atoms with Gasteiger partial charge in [0.2, 0.25) is 0 Å². The number of esters is 1. The number of carbonyl (C=O) groups excluding carboxylic acids is 2. The molecule has 0 bridgehead atoms. The lowest BCUT2D eigenvalue weighted by Gasteiger charge is -2.33. The van der Waals surface area contributed by atoms with E-state index < -0.39 is 6.04 Å². The highest BCUT2D eigenvalue weighted by molar-refractivity contribution is 5.96. The lowest BCUT2D eigenvalue weighted by molar-refractivity contribution is -0.149. The van der Waals surface area contributed by atoms with Crippen LogP contribution in [0.3, 0.4) is 0 Å². The Morgan fingerprint density at radius 3 is 2.79 bits per heavy atom. The molecule has 6 heteroatoms. The third-order valence-corrected chi connectivity index (χ3v) is 3.13. The maximum Gasteiger partial charge on any atom is 0.328 e. The molecular weight excluding hydrogens is 246 g/mol. The Kier molecular flexibility index (Phi) is 4.43. The van der Waals surface area contributed by atoms with Crippen molar-refractivity contribution in [3.8, 4) is 0 Å². The second-order valence-electron chi connectivity index (χ2n) is 4.39. The van der Waals surface area contributed by atoms with Crippen LogP contribution in [0.4, 0.5) is 0 Å². The summed E-state index contributed by atoms with van der Waals surface area (Å²) in [6.45, 7) is 2.65. The van der Waals surface area contributed by atoms with Crippen LogP contribution in [0.15, 0.2) is 18.7 Å². The predicted octanol–water partition coefficient (Wildman–Crippen LogP) is 1.03. The molecule has 1 aromatic rings. The van der Waals surface area contributed by atoms with Crippen LogP contribution in [-0.2, 0) is 9.53 Å². The van der Waals surface area contributed by atoms with Crippen molar-refractivity contribution in [1.29, 1.82) is 0 Å². The van der Waals surface area contributed by atoms with E-state index in [0.29, 0.717) is 25.1 Å². The number of nitrogens with zero attached hydrogens (tertiary/aromatic N) is 3. The van der Waals surface area contributed by atoms with E-state index in [0.717, 1.165) is 12.8 Å². The summed E-state index contributed by atoms with van der Waals surface area (Å²) in [7, 11) is 0. The number of hydrogen-bond acceptors (Lipinski definition) is 5. The molecule has 0 spiro atoms. The average Bonchev–Trinajstić information content (AvgIpc) is 2.47. The van der Waals surface area contributed by atoms with E-state index >= 15 is 0 Å². The maximum absolute atomic E-state index is 12.4. The molecule has 1 amide bonds. The van der Waals surface area contributed by atoms with Gasteiger partial charge in [0.05, 0.1) is 12.2 Å². The number of likely N-dealkylation sites (tertiary alicyclic amines) is 1. The summed E-state index contributed by atoms with van der Waals surface area (Å²) < 4.78 is 5.03. The van der Waals surface area contributed by atoms with E-state index in [1.165, 1.54) is 18.7 Å². The third-order valence-electron chi connectivity index (χ3n) is 3.13. The minimum absolute atomic E-state index is 0.210. The van der Waals surface area contributed by atoms with Gasteiger partial charge in [0.1, 0.15) is 12.4 Å². The molecule has 0 aliphatic carbocycles. The van der Waals surface area contributed by atoms with Crippen molar-refractivity contribution in [1.82, 2.24) is 14.9 Å². The van der Waals surface area contributed by atoms with Crippen molar-refractivity contribution >= 4 is 11.9 Å². The fourth-order valence-electron chi connectivity index (χ4n) is 2.23. The highest BCUT2D eigenvalue weighted by Gasteiger charge is 2.33. The second kappa shape index (κ2) is 6.26. The van der Waals surface area contributed by atoms with Crippen molar-refractivity contribution in [2.24, 2.45) is 0 Å². The maximum atomic E-state index is 12.4. The highest BCUT2D eigenvalue weighted by Crippen LogP contribution is 2.20. The molecule has 6 nitrogen and oxygen atoms in total. The summed E-state index contributed by atoms with van der Waals surface area (Å²) in [5.41, 5.74) is 0.402. The number of aromatic nitrogens is 2. The molecule has 19 heavy (non-hydrogen) atoms. The van der Waals surface area contributed by atoms with E-state index in [2.05, 4.69) is 9.97 Å². The lowest BCUT2D eigenvalue weighted by atomic mass is 10.0. The summed E-state index contributed by atoms with van der Waals surface area (Å²) >= 11 is 0. The number of rotatable bonds is 3. The molecule has 1 aromatic heterocycles. The van der Waals surface area contributed by atoms with Gasteiger partial charge in [-0.05, 0) is 26.2 Å². The lowest BCUT2D eigenvalue weighted by Crippen LogP contribution is -2.48. The molecule has 1 unspecified atom stereocenters. The largest absolute Gasteiger partial charge is 0.464 e. The zero-order valence-electron chi connectivity index (χ0n) is 10.9. The molecule has 1 aliphatic rings. The molecule has 2 rings (SSSR count). The van der Waals surface area contributed by atoms with Crippen molar-refractivity contribution in [2.75, 3.05) is 13.2 Å². The Morgan fingerprint density at radius 1 is 1.37 bits per heavy atom. The molecule has 102 valence electrons. The number of hydrogen-bond donors (Lipinski definition) is 0. The van der Waals surface area contributed by atoms with Gasteiger partial charge in [-0.15, -0.1) is 0 Å². The molecular formula is C13H17N3O3. The van der Waals surface area contributed by atoms with Crippen LogP contribution in [0.2, 0.25) is 0 Å². The monoisotopic (exact) mass is 263 g/mol. The molecule has 1 atom stereocenters. The van der Waals surface area contributed by atoms with Crippen LogP contribution in [-0.4, -0.2) is 45.9 Å². The second-order valence-corrected chi connectivity index (χ2v) is 4.39. The van der Waals surface area contributed by atoms with Crippen LogP contribution < -0.4 is 0 Å². The standard InChI is InChI=1S/C13H17N3O3/c1-2-19-13(18)11-5-3-4-6-16(11)12(17)10-7-14-9-15-8-10/h7-9,11H,2-6H2,1H3. The van der Waals surface area contributed by atoms with Crippen LogP contribution in [0.25, 0.3) is 0 Å². The van der Waals surface area contributed by atoms with Crippen LogP contribution in [0.5, 0.6) is 0 Å². The SMILES string of the molecule is CCOC(=O)C1CCCCN1C(=O)c1cncnc1. The van der Waals surface area contributed by atoms with Gasteiger partial charge in [0, 0.05) is 18.9 Å². The minimum atomic E-state index is -0.485. The Labute approximate surface area is 111 Å². The van der Waals surface area contributed by atoms with Crippen molar-refractivity contribution in [2.45, 2.75) is 32.2 Å². The van der Waals surface area contributed by atoms with E-state index in [-0.39, 0.29) is 11.9 Å². The third kappa shape index (κ3) is 3.07. The van der Waals surface area contributed by atoms with Crippen molar-refractivity contribution < 1.29 is 14.3 Å². The van der Waals surface area contributed by atoms with Gasteiger partial charge >= 0.3 is 5.97 Å². The van der Waals surface area contributed by atoms with Gasteiger partial charge in [0.15, 0.2) is 0 Å². The number of piperidine rings is 1. The topological polar surface area (TPSA) is 72.4 Å². The summed E-state index contributed by atoms with van der Waals surface area (Å²) in [5, 5.41) is 0. The number of carbonyl (C=O) groups is 2. The first-order valence-electron chi connectivity index (χ1n) is 6.46. The fraction of sp³-hybridized carbons (Fsp3) is 0.538. The number of amides is 1. The van der Waals surface area contributed by atoms with E-state index in [9.17, 15) is 9.59 Å². The van der Waals surface area contributed by atoms with Crippen molar-refractivity contribution in [3.05, 3.63) is 24.3 Å². The molecule has 1 saturated heterocycles. The van der Waals surface area contributed by atoms with E-state index in [4.69, 9.17) is 4.74 Å². The molecule has 1 fully saturated rings. The first-order chi connectivity index (χ1) is 9.24. The molecule has 1 aliphatic heterocycles. The quantitative estimate of drug-likeness (QED) is 0.762. The highest BCUT2D eigenvalue weighted by atomic mass is 16.5. The van der Waals surface area contributed by atoms with Gasteiger partial charge in [-0.3, -0.25) is 4.79 Å².